The molecule has 2 nitrogen and oxygen atoms in total. The summed E-state index contributed by atoms with van der Waals surface area (Å²) >= 11 is 0. The fourth-order valence-corrected chi connectivity index (χ4v) is 2.18. The van der Waals surface area contributed by atoms with E-state index >= 15 is 0 Å². The van der Waals surface area contributed by atoms with Crippen LogP contribution in [0.15, 0.2) is 60.7 Å². The average Bonchev–Trinajstić information content (AvgIpc) is 2.54. The fraction of sp³-hybridized carbons (Fsp3) is 0.263. The first-order valence-electron chi connectivity index (χ1n) is 7.40. The number of benzene rings is 2. The van der Waals surface area contributed by atoms with Crippen LogP contribution in [0.1, 0.15) is 25.0 Å². The molecule has 0 aliphatic rings. The Morgan fingerprint density at radius 2 is 1.38 bits per heavy atom. The van der Waals surface area contributed by atoms with Gasteiger partial charge >= 0.3 is 0 Å². The number of rotatable bonds is 7. The SMILES string of the molecule is CCOC(OCC)/C(=C/c1ccccc1)c1ccccc1. The van der Waals surface area contributed by atoms with Crippen molar-refractivity contribution < 1.29 is 9.47 Å². The summed E-state index contributed by atoms with van der Waals surface area (Å²) in [6.07, 6.45) is 1.79. The van der Waals surface area contributed by atoms with E-state index in [-0.39, 0.29) is 6.29 Å². The molecule has 2 heteroatoms. The molecule has 0 saturated carbocycles. The number of ether oxygens (including phenoxy) is 2. The molecule has 21 heavy (non-hydrogen) atoms. The van der Waals surface area contributed by atoms with Gasteiger partial charge in [-0.15, -0.1) is 0 Å². The van der Waals surface area contributed by atoms with Gasteiger partial charge in [0.25, 0.3) is 0 Å². The van der Waals surface area contributed by atoms with Crippen LogP contribution in [0, 0.1) is 0 Å². The van der Waals surface area contributed by atoms with Crippen molar-refractivity contribution in [1.82, 2.24) is 0 Å². The highest BCUT2D eigenvalue weighted by atomic mass is 16.7. The summed E-state index contributed by atoms with van der Waals surface area (Å²) in [5, 5.41) is 0. The van der Waals surface area contributed by atoms with Crippen LogP contribution < -0.4 is 0 Å². The first-order valence-corrected chi connectivity index (χ1v) is 7.40. The second kappa shape index (κ2) is 8.40. The molecule has 0 spiro atoms. The van der Waals surface area contributed by atoms with Gasteiger partial charge in [0.2, 0.25) is 0 Å². The topological polar surface area (TPSA) is 18.5 Å². The van der Waals surface area contributed by atoms with Crippen LogP contribution in [0.3, 0.4) is 0 Å². The Kier molecular flexibility index (Phi) is 6.20. The molecule has 0 amide bonds. The van der Waals surface area contributed by atoms with E-state index in [0.717, 1.165) is 16.7 Å². The van der Waals surface area contributed by atoms with Crippen molar-refractivity contribution in [2.75, 3.05) is 13.2 Å². The second-order valence-electron chi connectivity index (χ2n) is 4.62. The zero-order valence-corrected chi connectivity index (χ0v) is 12.7. The predicted molar refractivity (Wildman–Crippen MR) is 87.8 cm³/mol. The van der Waals surface area contributed by atoms with E-state index < -0.39 is 0 Å². The number of hydrogen-bond acceptors (Lipinski definition) is 2. The Hall–Kier alpha value is -1.90. The third-order valence-electron chi connectivity index (χ3n) is 3.12. The third-order valence-corrected chi connectivity index (χ3v) is 3.12. The zero-order valence-electron chi connectivity index (χ0n) is 12.7. The van der Waals surface area contributed by atoms with Gasteiger partial charge in [-0.05, 0) is 31.1 Å². The molecule has 2 aromatic rings. The lowest BCUT2D eigenvalue weighted by Crippen LogP contribution is -2.19. The summed E-state index contributed by atoms with van der Waals surface area (Å²) in [5.74, 6) is 0. The molecule has 0 aliphatic heterocycles. The largest absolute Gasteiger partial charge is 0.349 e. The monoisotopic (exact) mass is 282 g/mol. The predicted octanol–water partition coefficient (Wildman–Crippen LogP) is 4.63. The van der Waals surface area contributed by atoms with E-state index in [2.05, 4.69) is 30.3 Å². The molecule has 0 unspecified atom stereocenters. The molecule has 0 atom stereocenters. The van der Waals surface area contributed by atoms with Gasteiger partial charge in [0.05, 0.1) is 0 Å². The van der Waals surface area contributed by atoms with Crippen molar-refractivity contribution in [3.8, 4) is 0 Å². The van der Waals surface area contributed by atoms with Crippen molar-refractivity contribution >= 4 is 11.6 Å². The van der Waals surface area contributed by atoms with Crippen molar-refractivity contribution in [3.05, 3.63) is 71.8 Å². The smallest absolute Gasteiger partial charge is 0.184 e. The minimum absolute atomic E-state index is 0.345. The van der Waals surface area contributed by atoms with Crippen molar-refractivity contribution in [2.24, 2.45) is 0 Å². The molecule has 0 radical (unpaired) electrons. The van der Waals surface area contributed by atoms with Gasteiger partial charge in [0.1, 0.15) is 0 Å². The molecular weight excluding hydrogens is 260 g/mol. The molecule has 2 rings (SSSR count). The quantitative estimate of drug-likeness (QED) is 0.544. The highest BCUT2D eigenvalue weighted by Crippen LogP contribution is 2.24. The van der Waals surface area contributed by atoms with Crippen LogP contribution in [0.25, 0.3) is 11.6 Å². The van der Waals surface area contributed by atoms with E-state index in [1.54, 1.807) is 0 Å². The molecule has 0 fully saturated rings. The average molecular weight is 282 g/mol. The third kappa shape index (κ3) is 4.55. The summed E-state index contributed by atoms with van der Waals surface area (Å²) in [5.41, 5.74) is 3.31. The van der Waals surface area contributed by atoms with Crippen LogP contribution in [-0.4, -0.2) is 19.5 Å². The van der Waals surface area contributed by atoms with Crippen LogP contribution in [-0.2, 0) is 9.47 Å². The van der Waals surface area contributed by atoms with Gasteiger partial charge in [0, 0.05) is 18.8 Å². The van der Waals surface area contributed by atoms with Gasteiger partial charge in [-0.25, -0.2) is 0 Å². The molecular formula is C19H22O2. The van der Waals surface area contributed by atoms with Gasteiger partial charge in [-0.1, -0.05) is 60.7 Å². The Balaban J connectivity index is 2.41. The minimum atomic E-state index is -0.345. The lowest BCUT2D eigenvalue weighted by atomic mass is 10.0. The van der Waals surface area contributed by atoms with Crippen molar-refractivity contribution in [1.29, 1.82) is 0 Å². The second-order valence-corrected chi connectivity index (χ2v) is 4.62. The van der Waals surface area contributed by atoms with E-state index in [9.17, 15) is 0 Å². The van der Waals surface area contributed by atoms with Crippen molar-refractivity contribution in [2.45, 2.75) is 20.1 Å². The highest BCUT2D eigenvalue weighted by molar-refractivity contribution is 5.83. The van der Waals surface area contributed by atoms with Crippen LogP contribution >= 0.6 is 0 Å². The van der Waals surface area contributed by atoms with Crippen molar-refractivity contribution in [3.63, 3.8) is 0 Å². The molecule has 0 heterocycles. The lowest BCUT2D eigenvalue weighted by molar-refractivity contribution is -0.0960. The van der Waals surface area contributed by atoms with Gasteiger partial charge in [0.15, 0.2) is 6.29 Å². The van der Waals surface area contributed by atoms with E-state index in [4.69, 9.17) is 9.47 Å². The van der Waals surface area contributed by atoms with E-state index in [1.807, 2.05) is 50.2 Å². The Bertz CT molecular complexity index is 540. The van der Waals surface area contributed by atoms with E-state index in [0.29, 0.717) is 13.2 Å². The van der Waals surface area contributed by atoms with Crippen LogP contribution in [0.5, 0.6) is 0 Å². The maximum Gasteiger partial charge on any atom is 0.184 e. The minimum Gasteiger partial charge on any atom is -0.349 e. The summed E-state index contributed by atoms with van der Waals surface area (Å²) in [4.78, 5) is 0. The molecule has 0 aliphatic carbocycles. The fourth-order valence-electron chi connectivity index (χ4n) is 2.18. The Labute approximate surface area is 127 Å². The Morgan fingerprint density at radius 1 is 0.857 bits per heavy atom. The first kappa shape index (κ1) is 15.5. The summed E-state index contributed by atoms with van der Waals surface area (Å²) < 4.78 is 11.6. The maximum atomic E-state index is 5.78. The van der Waals surface area contributed by atoms with Gasteiger partial charge in [-0.3, -0.25) is 0 Å². The lowest BCUT2D eigenvalue weighted by Gasteiger charge is -2.21. The molecule has 0 N–H and O–H groups in total. The summed E-state index contributed by atoms with van der Waals surface area (Å²) in [6, 6.07) is 20.5. The summed E-state index contributed by atoms with van der Waals surface area (Å²) in [6.45, 7) is 5.20. The van der Waals surface area contributed by atoms with Gasteiger partial charge < -0.3 is 9.47 Å². The zero-order chi connectivity index (χ0) is 14.9. The highest BCUT2D eigenvalue weighted by Gasteiger charge is 2.16. The molecule has 0 saturated heterocycles. The molecule has 2 aromatic carbocycles. The summed E-state index contributed by atoms with van der Waals surface area (Å²) in [7, 11) is 0. The molecule has 110 valence electrons. The number of hydrogen-bond donors (Lipinski definition) is 0. The van der Waals surface area contributed by atoms with E-state index in [1.165, 1.54) is 0 Å². The van der Waals surface area contributed by atoms with Crippen LogP contribution in [0.4, 0.5) is 0 Å². The van der Waals surface area contributed by atoms with Gasteiger partial charge in [-0.2, -0.15) is 0 Å². The first-order chi connectivity index (χ1) is 10.3. The Morgan fingerprint density at radius 3 is 1.90 bits per heavy atom. The molecule has 0 bridgehead atoms. The maximum absolute atomic E-state index is 5.78. The normalized spacial score (nSPS) is 11.9. The van der Waals surface area contributed by atoms with Crippen LogP contribution in [0.2, 0.25) is 0 Å². The molecule has 0 aromatic heterocycles. The standard InChI is InChI=1S/C19H22O2/c1-3-20-19(21-4-2)18(17-13-9-6-10-14-17)15-16-11-7-5-8-12-16/h5-15,19H,3-4H2,1-2H3/b18-15+.